The second-order valence-corrected chi connectivity index (χ2v) is 3.35. The van der Waals surface area contributed by atoms with Crippen LogP contribution in [0.1, 0.15) is 50.0 Å². The van der Waals surface area contributed by atoms with Crippen molar-refractivity contribution < 1.29 is 14.3 Å². The van der Waals surface area contributed by atoms with Gasteiger partial charge in [-0.15, -0.1) is 0 Å². The number of carbonyl (C=O) groups is 1. The van der Waals surface area contributed by atoms with Crippen LogP contribution in [0.2, 0.25) is 0 Å². The van der Waals surface area contributed by atoms with Gasteiger partial charge >= 0.3 is 0 Å². The first-order valence-corrected chi connectivity index (χ1v) is 4.57. The van der Waals surface area contributed by atoms with Crippen LogP contribution >= 0.6 is 0 Å². The largest absolute Gasteiger partial charge is 0.379 e. The molecule has 4 heteroatoms. The minimum Gasteiger partial charge on any atom is -0.379 e. The van der Waals surface area contributed by atoms with E-state index in [1.165, 1.54) is 0 Å². The zero-order valence-corrected chi connectivity index (χ0v) is 8.45. The average molecular weight is 251 g/mol. The van der Waals surface area contributed by atoms with Gasteiger partial charge in [-0.05, 0) is 13.8 Å². The molecule has 1 saturated heterocycles. The second kappa shape index (κ2) is 11.9. The summed E-state index contributed by atoms with van der Waals surface area (Å²) in [5, 5.41) is 0. The summed E-state index contributed by atoms with van der Waals surface area (Å²) in [5.41, 5.74) is 0. The number of hydrogen-bond acceptors (Lipinski definition) is 3. The Morgan fingerprint density at radius 1 is 1.18 bits per heavy atom. The maximum absolute atomic E-state index is 10.9. The number of amides is 1. The molecule has 4 nitrogen and oxygen atoms in total. The third kappa shape index (κ3) is 7.34. The standard InChI is InChI=1S/C9H17NO3.4CH4/c1-7(12-3)8(2)13-6-10-5-4-9(10)11;;;;/h7-8H,4-6H2,1-3H3;4*1H4. The van der Waals surface area contributed by atoms with E-state index in [1.54, 1.807) is 12.0 Å². The van der Waals surface area contributed by atoms with Gasteiger partial charge in [-0.2, -0.15) is 0 Å². The van der Waals surface area contributed by atoms with Crippen LogP contribution in [0.5, 0.6) is 0 Å². The van der Waals surface area contributed by atoms with E-state index in [9.17, 15) is 4.79 Å². The molecular formula is C13H33NO3. The van der Waals surface area contributed by atoms with Crippen molar-refractivity contribution in [3.05, 3.63) is 0 Å². The van der Waals surface area contributed by atoms with Crippen molar-refractivity contribution >= 4 is 5.91 Å². The van der Waals surface area contributed by atoms with Gasteiger partial charge in [0, 0.05) is 20.1 Å². The van der Waals surface area contributed by atoms with Crippen LogP contribution in [0.15, 0.2) is 0 Å². The molecule has 2 atom stereocenters. The monoisotopic (exact) mass is 251 g/mol. The molecule has 17 heavy (non-hydrogen) atoms. The van der Waals surface area contributed by atoms with E-state index in [1.807, 2.05) is 13.8 Å². The van der Waals surface area contributed by atoms with Crippen molar-refractivity contribution in [1.82, 2.24) is 4.90 Å². The highest BCUT2D eigenvalue weighted by atomic mass is 16.5. The SMILES string of the molecule is C.C.C.C.COC(C)C(C)OCN1CCC1=O. The molecule has 0 bridgehead atoms. The summed E-state index contributed by atoms with van der Waals surface area (Å²) in [4.78, 5) is 12.6. The number of likely N-dealkylation sites (tertiary alicyclic amines) is 1. The lowest BCUT2D eigenvalue weighted by Gasteiger charge is -2.32. The number of rotatable bonds is 5. The third-order valence-corrected chi connectivity index (χ3v) is 2.47. The van der Waals surface area contributed by atoms with Gasteiger partial charge in [0.15, 0.2) is 0 Å². The summed E-state index contributed by atoms with van der Waals surface area (Å²) in [6.07, 6.45) is 0.757. The Morgan fingerprint density at radius 2 is 1.71 bits per heavy atom. The van der Waals surface area contributed by atoms with Crippen LogP contribution in [0.4, 0.5) is 0 Å². The van der Waals surface area contributed by atoms with E-state index < -0.39 is 0 Å². The highest BCUT2D eigenvalue weighted by Crippen LogP contribution is 2.10. The Balaban J connectivity index is -0.000000211. The lowest BCUT2D eigenvalue weighted by Crippen LogP contribution is -2.45. The lowest BCUT2D eigenvalue weighted by molar-refractivity contribution is -0.153. The molecule has 1 heterocycles. The van der Waals surface area contributed by atoms with Gasteiger partial charge in [0.1, 0.15) is 6.73 Å². The average Bonchev–Trinajstić information content (AvgIpc) is 2.14. The number of ether oxygens (including phenoxy) is 2. The summed E-state index contributed by atoms with van der Waals surface area (Å²) in [5.74, 6) is 0.178. The molecule has 0 aliphatic carbocycles. The minimum absolute atomic E-state index is 0. The summed E-state index contributed by atoms with van der Waals surface area (Å²) < 4.78 is 10.5. The molecule has 1 aliphatic rings. The number of methoxy groups -OCH3 is 1. The van der Waals surface area contributed by atoms with Crippen LogP contribution in [0.25, 0.3) is 0 Å². The van der Waals surface area contributed by atoms with Crippen molar-refractivity contribution in [2.24, 2.45) is 0 Å². The smallest absolute Gasteiger partial charge is 0.226 e. The molecule has 0 radical (unpaired) electrons. The summed E-state index contributed by atoms with van der Waals surface area (Å²) in [6, 6.07) is 0. The Bertz CT molecular complexity index is 186. The van der Waals surface area contributed by atoms with E-state index >= 15 is 0 Å². The highest BCUT2D eigenvalue weighted by molar-refractivity contribution is 5.81. The van der Waals surface area contributed by atoms with Gasteiger partial charge in [0.25, 0.3) is 0 Å². The van der Waals surface area contributed by atoms with Gasteiger partial charge in [0.05, 0.1) is 12.2 Å². The number of β-lactam (4-membered cyclic amide) rings is 1. The van der Waals surface area contributed by atoms with Crippen molar-refractivity contribution in [3.63, 3.8) is 0 Å². The number of hydrogen-bond donors (Lipinski definition) is 0. The predicted molar refractivity (Wildman–Crippen MR) is 75.1 cm³/mol. The Labute approximate surface area is 108 Å². The first-order chi connectivity index (χ1) is 6.15. The molecule has 0 spiro atoms. The Hall–Kier alpha value is -0.610. The van der Waals surface area contributed by atoms with Crippen LogP contribution < -0.4 is 0 Å². The van der Waals surface area contributed by atoms with Crippen LogP contribution in [-0.2, 0) is 14.3 Å². The molecule has 1 amide bonds. The van der Waals surface area contributed by atoms with E-state index in [-0.39, 0.29) is 47.8 Å². The molecule has 0 saturated carbocycles. The minimum atomic E-state index is 0. The van der Waals surface area contributed by atoms with Gasteiger partial charge in [-0.25, -0.2) is 0 Å². The molecule has 1 fully saturated rings. The fourth-order valence-corrected chi connectivity index (χ4v) is 1.03. The van der Waals surface area contributed by atoms with Crippen LogP contribution in [-0.4, -0.2) is 43.4 Å². The maximum Gasteiger partial charge on any atom is 0.226 e. The molecule has 1 aliphatic heterocycles. The summed E-state index contributed by atoms with van der Waals surface area (Å²) in [7, 11) is 1.65. The molecule has 0 aromatic carbocycles. The fourth-order valence-electron chi connectivity index (χ4n) is 1.03. The van der Waals surface area contributed by atoms with Gasteiger partial charge in [-0.3, -0.25) is 4.79 Å². The van der Waals surface area contributed by atoms with Gasteiger partial charge in [-0.1, -0.05) is 29.7 Å². The summed E-state index contributed by atoms with van der Waals surface area (Å²) in [6.45, 7) is 5.11. The zero-order valence-electron chi connectivity index (χ0n) is 8.45. The van der Waals surface area contributed by atoms with Crippen LogP contribution in [0.3, 0.4) is 0 Å². The van der Waals surface area contributed by atoms with Crippen LogP contribution in [0, 0.1) is 0 Å². The third-order valence-electron chi connectivity index (χ3n) is 2.47. The second-order valence-electron chi connectivity index (χ2n) is 3.35. The predicted octanol–water partition coefficient (Wildman–Crippen LogP) is 3.16. The first kappa shape index (κ1) is 25.3. The van der Waals surface area contributed by atoms with Crippen molar-refractivity contribution in [2.45, 2.75) is 62.2 Å². The normalized spacial score (nSPS) is 16.2. The van der Waals surface area contributed by atoms with Crippen molar-refractivity contribution in [1.29, 1.82) is 0 Å². The highest BCUT2D eigenvalue weighted by Gasteiger charge is 2.24. The molecule has 1 rings (SSSR count). The number of carbonyl (C=O) groups excluding carboxylic acids is 1. The molecule has 0 aromatic rings. The Morgan fingerprint density at radius 3 is 2.00 bits per heavy atom. The molecule has 108 valence electrons. The van der Waals surface area contributed by atoms with Gasteiger partial charge in [0.2, 0.25) is 5.91 Å². The van der Waals surface area contributed by atoms with Crippen molar-refractivity contribution in [2.75, 3.05) is 20.4 Å². The zero-order chi connectivity index (χ0) is 9.84. The topological polar surface area (TPSA) is 38.8 Å². The van der Waals surface area contributed by atoms with E-state index in [0.29, 0.717) is 13.2 Å². The maximum atomic E-state index is 10.9. The van der Waals surface area contributed by atoms with Crippen molar-refractivity contribution in [3.8, 4) is 0 Å². The molecular weight excluding hydrogens is 218 g/mol. The number of nitrogens with zero attached hydrogens (tertiary/aromatic N) is 1. The summed E-state index contributed by atoms with van der Waals surface area (Å²) >= 11 is 0. The molecule has 2 unspecified atom stereocenters. The fraction of sp³-hybridized carbons (Fsp3) is 0.923. The van der Waals surface area contributed by atoms with E-state index in [4.69, 9.17) is 9.47 Å². The van der Waals surface area contributed by atoms with E-state index in [2.05, 4.69) is 0 Å². The first-order valence-electron chi connectivity index (χ1n) is 4.57. The molecule has 0 N–H and O–H groups in total. The van der Waals surface area contributed by atoms with E-state index in [0.717, 1.165) is 6.54 Å². The molecule has 0 aromatic heterocycles. The Kier molecular flexibility index (Phi) is 17.6. The quantitative estimate of drug-likeness (QED) is 0.705. The lowest BCUT2D eigenvalue weighted by atomic mass is 10.2. The van der Waals surface area contributed by atoms with Gasteiger partial charge < -0.3 is 14.4 Å².